The molecule has 0 unspecified atom stereocenters. The van der Waals surface area contributed by atoms with Gasteiger partial charge in [0, 0.05) is 11.4 Å². The van der Waals surface area contributed by atoms with E-state index in [1.165, 1.54) is 0 Å². The molecule has 0 heterocycles. The fraction of sp³-hybridized carbons (Fsp3) is 0.462. The van der Waals surface area contributed by atoms with E-state index in [-0.39, 0.29) is 5.78 Å². The molecule has 1 rings (SSSR count). The van der Waals surface area contributed by atoms with Crippen molar-refractivity contribution >= 4 is 17.4 Å². The van der Waals surface area contributed by atoms with Crippen LogP contribution in [-0.4, -0.2) is 11.3 Å². The van der Waals surface area contributed by atoms with E-state index in [1.54, 1.807) is 6.07 Å². The molecule has 0 saturated carbocycles. The molecule has 0 aromatic heterocycles. The van der Waals surface area contributed by atoms with Crippen LogP contribution in [0.4, 0.5) is 0 Å². The maximum absolute atomic E-state index is 12.1. The summed E-state index contributed by atoms with van der Waals surface area (Å²) in [5, 5.41) is 0.630. The molecule has 0 fully saturated rings. The molecule has 0 saturated heterocycles. The summed E-state index contributed by atoms with van der Waals surface area (Å²) in [5.74, 6) is 0.0607. The van der Waals surface area contributed by atoms with Crippen LogP contribution in [0.5, 0.6) is 0 Å². The van der Waals surface area contributed by atoms with E-state index in [0.717, 1.165) is 5.56 Å². The van der Waals surface area contributed by atoms with Crippen LogP contribution in [0.25, 0.3) is 0 Å². The molecular weight excluding hydrogens is 222 g/mol. The summed E-state index contributed by atoms with van der Waals surface area (Å²) < 4.78 is 0. The fourth-order valence-corrected chi connectivity index (χ4v) is 1.84. The van der Waals surface area contributed by atoms with Gasteiger partial charge >= 0.3 is 0 Å². The Morgan fingerprint density at radius 1 is 1.31 bits per heavy atom. The molecule has 0 spiro atoms. The zero-order valence-corrected chi connectivity index (χ0v) is 10.6. The predicted octanol–water partition coefficient (Wildman–Crippen LogP) is 2.97. The van der Waals surface area contributed by atoms with E-state index in [4.69, 9.17) is 17.3 Å². The quantitative estimate of drug-likeness (QED) is 0.859. The minimum Gasteiger partial charge on any atom is -0.319 e. The van der Waals surface area contributed by atoms with Crippen LogP contribution in [-0.2, 0) is 11.2 Å². The Morgan fingerprint density at radius 3 is 2.38 bits per heavy atom. The van der Waals surface area contributed by atoms with Crippen molar-refractivity contribution in [1.82, 2.24) is 0 Å². The lowest BCUT2D eigenvalue weighted by Gasteiger charge is -2.25. The second-order valence-corrected chi connectivity index (χ2v) is 4.46. The zero-order chi connectivity index (χ0) is 12.2. The van der Waals surface area contributed by atoms with Gasteiger partial charge in [0.25, 0.3) is 0 Å². The van der Waals surface area contributed by atoms with E-state index in [9.17, 15) is 4.79 Å². The van der Waals surface area contributed by atoms with Crippen molar-refractivity contribution in [2.75, 3.05) is 0 Å². The van der Waals surface area contributed by atoms with Gasteiger partial charge in [0.2, 0.25) is 0 Å². The SMILES string of the molecule is CCC(N)(CC)C(=O)Cc1ccccc1Cl. The predicted molar refractivity (Wildman–Crippen MR) is 67.7 cm³/mol. The molecule has 0 amide bonds. The zero-order valence-electron chi connectivity index (χ0n) is 9.79. The third kappa shape index (κ3) is 2.83. The Hall–Kier alpha value is -0.860. The Morgan fingerprint density at radius 2 is 1.88 bits per heavy atom. The summed E-state index contributed by atoms with van der Waals surface area (Å²) in [7, 11) is 0. The standard InChI is InChI=1S/C13H18ClNO/c1-3-13(15,4-2)12(16)9-10-7-5-6-8-11(10)14/h5-8H,3-4,9,15H2,1-2H3. The third-order valence-electron chi connectivity index (χ3n) is 3.13. The van der Waals surface area contributed by atoms with Gasteiger partial charge < -0.3 is 5.73 Å². The van der Waals surface area contributed by atoms with Crippen LogP contribution in [0.3, 0.4) is 0 Å². The van der Waals surface area contributed by atoms with Crippen molar-refractivity contribution in [3.05, 3.63) is 34.9 Å². The highest BCUT2D eigenvalue weighted by Crippen LogP contribution is 2.20. The molecule has 2 nitrogen and oxygen atoms in total. The van der Waals surface area contributed by atoms with Crippen LogP contribution in [0.2, 0.25) is 5.02 Å². The number of ketones is 1. The summed E-state index contributed by atoms with van der Waals surface area (Å²) in [6.45, 7) is 3.88. The summed E-state index contributed by atoms with van der Waals surface area (Å²) >= 11 is 6.01. The molecule has 1 aromatic rings. The molecule has 3 heteroatoms. The molecule has 88 valence electrons. The van der Waals surface area contributed by atoms with Gasteiger partial charge in [-0.15, -0.1) is 0 Å². The Balaban J connectivity index is 2.83. The lowest BCUT2D eigenvalue weighted by Crippen LogP contribution is -2.47. The molecule has 16 heavy (non-hydrogen) atoms. The highest BCUT2D eigenvalue weighted by molar-refractivity contribution is 6.31. The average Bonchev–Trinajstić information content (AvgIpc) is 2.31. The number of hydrogen-bond acceptors (Lipinski definition) is 2. The molecule has 0 aliphatic carbocycles. The first-order chi connectivity index (χ1) is 7.53. The lowest BCUT2D eigenvalue weighted by molar-refractivity contribution is -0.123. The Labute approximate surface area is 102 Å². The molecule has 1 aromatic carbocycles. The van der Waals surface area contributed by atoms with Crippen molar-refractivity contribution in [2.24, 2.45) is 5.73 Å². The molecule has 0 atom stereocenters. The van der Waals surface area contributed by atoms with Crippen LogP contribution in [0, 0.1) is 0 Å². The summed E-state index contributed by atoms with van der Waals surface area (Å²) in [6.07, 6.45) is 1.64. The average molecular weight is 240 g/mol. The molecule has 0 aliphatic rings. The van der Waals surface area contributed by atoms with Crippen LogP contribution in [0.1, 0.15) is 32.3 Å². The molecule has 0 radical (unpaired) electrons. The second-order valence-electron chi connectivity index (χ2n) is 4.05. The van der Waals surface area contributed by atoms with Gasteiger partial charge in [-0.1, -0.05) is 43.6 Å². The fourth-order valence-electron chi connectivity index (χ4n) is 1.64. The number of carbonyl (C=O) groups excluding carboxylic acids is 1. The van der Waals surface area contributed by atoms with Gasteiger partial charge in [-0.05, 0) is 24.5 Å². The first-order valence-corrected chi connectivity index (χ1v) is 5.97. The lowest BCUT2D eigenvalue weighted by atomic mass is 9.86. The van der Waals surface area contributed by atoms with Crippen molar-refractivity contribution in [3.8, 4) is 0 Å². The number of nitrogens with two attached hydrogens (primary N) is 1. The largest absolute Gasteiger partial charge is 0.319 e. The minimum atomic E-state index is -0.709. The van der Waals surface area contributed by atoms with Gasteiger partial charge in [0.15, 0.2) is 5.78 Å². The Kier molecular flexibility index (Phi) is 4.51. The van der Waals surface area contributed by atoms with E-state index in [2.05, 4.69) is 0 Å². The van der Waals surface area contributed by atoms with Gasteiger partial charge in [-0.2, -0.15) is 0 Å². The number of carbonyl (C=O) groups is 1. The summed E-state index contributed by atoms with van der Waals surface area (Å²) in [5.41, 5.74) is 6.19. The normalized spacial score (nSPS) is 11.5. The topological polar surface area (TPSA) is 43.1 Å². The molecule has 0 bridgehead atoms. The maximum atomic E-state index is 12.1. The van der Waals surface area contributed by atoms with Gasteiger partial charge in [0.1, 0.15) is 0 Å². The summed E-state index contributed by atoms with van der Waals surface area (Å²) in [6, 6.07) is 7.39. The second kappa shape index (κ2) is 5.46. The van der Waals surface area contributed by atoms with Gasteiger partial charge in [-0.25, -0.2) is 0 Å². The smallest absolute Gasteiger partial charge is 0.157 e. The highest BCUT2D eigenvalue weighted by Gasteiger charge is 2.29. The van der Waals surface area contributed by atoms with E-state index < -0.39 is 5.54 Å². The van der Waals surface area contributed by atoms with E-state index in [1.807, 2.05) is 32.0 Å². The molecule has 0 aliphatic heterocycles. The van der Waals surface area contributed by atoms with Crippen molar-refractivity contribution in [1.29, 1.82) is 0 Å². The van der Waals surface area contributed by atoms with Crippen molar-refractivity contribution in [3.63, 3.8) is 0 Å². The monoisotopic (exact) mass is 239 g/mol. The summed E-state index contributed by atoms with van der Waals surface area (Å²) in [4.78, 5) is 12.1. The first kappa shape index (κ1) is 13.2. The van der Waals surface area contributed by atoms with Gasteiger partial charge in [0.05, 0.1) is 5.54 Å². The van der Waals surface area contributed by atoms with Crippen LogP contribution in [0.15, 0.2) is 24.3 Å². The third-order valence-corrected chi connectivity index (χ3v) is 3.49. The number of Topliss-reactive ketones (excluding diaryl/α,β-unsaturated/α-hetero) is 1. The van der Waals surface area contributed by atoms with Crippen molar-refractivity contribution < 1.29 is 4.79 Å². The Bertz CT molecular complexity index is 372. The van der Waals surface area contributed by atoms with E-state index in [0.29, 0.717) is 24.3 Å². The van der Waals surface area contributed by atoms with E-state index >= 15 is 0 Å². The number of halogens is 1. The molecule has 2 N–H and O–H groups in total. The maximum Gasteiger partial charge on any atom is 0.157 e. The van der Waals surface area contributed by atoms with Crippen LogP contribution >= 0.6 is 11.6 Å². The molecular formula is C13H18ClNO. The number of rotatable bonds is 5. The van der Waals surface area contributed by atoms with Crippen LogP contribution < -0.4 is 5.73 Å². The highest BCUT2D eigenvalue weighted by atomic mass is 35.5. The number of hydrogen-bond donors (Lipinski definition) is 1. The number of benzene rings is 1. The minimum absolute atomic E-state index is 0.0607. The van der Waals surface area contributed by atoms with Gasteiger partial charge in [-0.3, -0.25) is 4.79 Å². The first-order valence-electron chi connectivity index (χ1n) is 5.59. The van der Waals surface area contributed by atoms with Crippen molar-refractivity contribution in [2.45, 2.75) is 38.6 Å².